The minimum atomic E-state index is 0.604. The van der Waals surface area contributed by atoms with Gasteiger partial charge in [-0.2, -0.15) is 0 Å². The monoisotopic (exact) mass is 258 g/mol. The van der Waals surface area contributed by atoms with Gasteiger partial charge >= 0.3 is 0 Å². The van der Waals surface area contributed by atoms with Gasteiger partial charge in [0, 0.05) is 30.9 Å². The molecule has 2 nitrogen and oxygen atoms in total. The van der Waals surface area contributed by atoms with Crippen LogP contribution in [0.4, 0.5) is 5.69 Å². The molecule has 0 bridgehead atoms. The van der Waals surface area contributed by atoms with E-state index in [9.17, 15) is 0 Å². The largest absolute Gasteiger partial charge is 0.366 e. The normalized spacial score (nSPS) is 26.5. The number of benzene rings is 1. The van der Waals surface area contributed by atoms with Gasteiger partial charge in [0.2, 0.25) is 0 Å². The summed E-state index contributed by atoms with van der Waals surface area (Å²) in [7, 11) is 0. The topological polar surface area (TPSA) is 15.3 Å². The molecule has 1 aliphatic heterocycles. The van der Waals surface area contributed by atoms with Gasteiger partial charge in [-0.25, -0.2) is 0 Å². The van der Waals surface area contributed by atoms with Crippen LogP contribution in [0.2, 0.25) is 0 Å². The smallest absolute Gasteiger partial charge is 0.0387 e. The van der Waals surface area contributed by atoms with Crippen LogP contribution in [-0.2, 0) is 12.8 Å². The van der Waals surface area contributed by atoms with Crippen molar-refractivity contribution in [1.29, 1.82) is 0 Å². The van der Waals surface area contributed by atoms with Crippen molar-refractivity contribution in [1.82, 2.24) is 5.32 Å². The molecule has 0 saturated carbocycles. The number of rotatable bonds is 3. The average Bonchev–Trinajstić information content (AvgIpc) is 2.88. The molecule has 1 saturated heterocycles. The van der Waals surface area contributed by atoms with E-state index in [1.165, 1.54) is 37.8 Å². The molecule has 3 rings (SSSR count). The second-order valence-corrected chi connectivity index (χ2v) is 6.20. The number of nitrogens with zero attached hydrogens (tertiary/aromatic N) is 1. The quantitative estimate of drug-likeness (QED) is 0.896. The number of nitrogens with one attached hydrogen (secondary N) is 1. The number of fused-ring (bicyclic) bond motifs is 1. The lowest BCUT2D eigenvalue weighted by Gasteiger charge is -2.40. The Morgan fingerprint density at radius 3 is 2.95 bits per heavy atom. The number of anilines is 1. The van der Waals surface area contributed by atoms with Crippen LogP contribution < -0.4 is 10.2 Å². The van der Waals surface area contributed by atoms with Crippen molar-refractivity contribution >= 4 is 5.69 Å². The molecular formula is C17H26N2. The van der Waals surface area contributed by atoms with E-state index in [4.69, 9.17) is 0 Å². The Bertz CT molecular complexity index is 441. The van der Waals surface area contributed by atoms with E-state index in [-0.39, 0.29) is 0 Å². The predicted octanol–water partition coefficient (Wildman–Crippen LogP) is 3.14. The average molecular weight is 258 g/mol. The first kappa shape index (κ1) is 13.0. The van der Waals surface area contributed by atoms with Crippen LogP contribution in [0.5, 0.6) is 0 Å². The van der Waals surface area contributed by atoms with Gasteiger partial charge in [0.05, 0.1) is 0 Å². The molecular weight excluding hydrogens is 232 g/mol. The van der Waals surface area contributed by atoms with Crippen LogP contribution in [0, 0.1) is 0 Å². The number of piperazine rings is 1. The molecule has 2 aliphatic rings. The van der Waals surface area contributed by atoms with E-state index in [1.807, 2.05) is 0 Å². The van der Waals surface area contributed by atoms with E-state index in [0.29, 0.717) is 12.1 Å². The molecule has 0 radical (unpaired) electrons. The van der Waals surface area contributed by atoms with Crippen molar-refractivity contribution in [2.24, 2.45) is 0 Å². The first-order valence-electron chi connectivity index (χ1n) is 7.89. The highest BCUT2D eigenvalue weighted by Gasteiger charge is 2.25. The highest BCUT2D eigenvalue weighted by atomic mass is 15.2. The Morgan fingerprint density at radius 2 is 2.11 bits per heavy atom. The summed E-state index contributed by atoms with van der Waals surface area (Å²) >= 11 is 0. The molecule has 1 heterocycles. The van der Waals surface area contributed by atoms with Gasteiger partial charge in [-0.1, -0.05) is 19.4 Å². The third kappa shape index (κ3) is 2.64. The summed E-state index contributed by atoms with van der Waals surface area (Å²) in [6, 6.07) is 8.42. The minimum Gasteiger partial charge on any atom is -0.366 e. The van der Waals surface area contributed by atoms with Crippen molar-refractivity contribution in [2.75, 3.05) is 18.0 Å². The summed E-state index contributed by atoms with van der Waals surface area (Å²) in [5, 5.41) is 3.68. The van der Waals surface area contributed by atoms with Gasteiger partial charge in [0.1, 0.15) is 0 Å². The summed E-state index contributed by atoms with van der Waals surface area (Å²) in [6.45, 7) is 6.89. The molecule has 2 atom stereocenters. The van der Waals surface area contributed by atoms with E-state index in [0.717, 1.165) is 13.1 Å². The number of hydrogen-bond donors (Lipinski definition) is 1. The fourth-order valence-electron chi connectivity index (χ4n) is 3.57. The zero-order valence-corrected chi connectivity index (χ0v) is 12.3. The van der Waals surface area contributed by atoms with E-state index in [1.54, 1.807) is 11.1 Å². The highest BCUT2D eigenvalue weighted by molar-refractivity contribution is 5.53. The third-order valence-electron chi connectivity index (χ3n) is 4.70. The molecule has 1 aromatic carbocycles. The van der Waals surface area contributed by atoms with Gasteiger partial charge in [0.25, 0.3) is 0 Å². The molecule has 1 aromatic rings. The van der Waals surface area contributed by atoms with E-state index in [2.05, 4.69) is 42.3 Å². The van der Waals surface area contributed by atoms with Gasteiger partial charge in [-0.05, 0) is 55.9 Å². The Balaban J connectivity index is 1.79. The molecule has 1 fully saturated rings. The molecule has 0 spiro atoms. The Kier molecular flexibility index (Phi) is 3.79. The molecule has 0 amide bonds. The summed E-state index contributed by atoms with van der Waals surface area (Å²) in [6.07, 6.45) is 6.46. The summed E-state index contributed by atoms with van der Waals surface area (Å²) < 4.78 is 0. The Labute approximate surface area is 117 Å². The fourth-order valence-corrected chi connectivity index (χ4v) is 3.57. The van der Waals surface area contributed by atoms with Crippen molar-refractivity contribution in [3.05, 3.63) is 29.3 Å². The first-order chi connectivity index (χ1) is 9.28. The highest BCUT2D eigenvalue weighted by Crippen LogP contribution is 2.28. The first-order valence-corrected chi connectivity index (χ1v) is 7.89. The second-order valence-electron chi connectivity index (χ2n) is 6.20. The molecule has 2 heteroatoms. The summed E-state index contributed by atoms with van der Waals surface area (Å²) in [5.74, 6) is 0. The van der Waals surface area contributed by atoms with Gasteiger partial charge in [-0.3, -0.25) is 0 Å². The van der Waals surface area contributed by atoms with Crippen LogP contribution >= 0.6 is 0 Å². The Hall–Kier alpha value is -1.02. The Morgan fingerprint density at radius 1 is 1.26 bits per heavy atom. The molecule has 0 aromatic heterocycles. The van der Waals surface area contributed by atoms with Gasteiger partial charge in [0.15, 0.2) is 0 Å². The van der Waals surface area contributed by atoms with Crippen LogP contribution in [0.25, 0.3) is 0 Å². The maximum atomic E-state index is 3.68. The second kappa shape index (κ2) is 5.54. The van der Waals surface area contributed by atoms with Crippen LogP contribution in [0.1, 0.15) is 44.2 Å². The lowest BCUT2D eigenvalue weighted by molar-refractivity contribution is 0.386. The summed E-state index contributed by atoms with van der Waals surface area (Å²) in [4.78, 5) is 2.61. The van der Waals surface area contributed by atoms with Gasteiger partial charge in [-0.15, -0.1) is 0 Å². The lowest BCUT2D eigenvalue weighted by Crippen LogP contribution is -2.55. The van der Waals surface area contributed by atoms with Crippen LogP contribution in [0.15, 0.2) is 18.2 Å². The third-order valence-corrected chi connectivity index (χ3v) is 4.70. The SMILES string of the molecule is CCCC1CN(c2ccc3c(c2)CCC3)C(C)CN1. The van der Waals surface area contributed by atoms with Crippen LogP contribution in [-0.4, -0.2) is 25.2 Å². The molecule has 19 heavy (non-hydrogen) atoms. The summed E-state index contributed by atoms with van der Waals surface area (Å²) in [5.41, 5.74) is 4.61. The molecule has 2 unspecified atom stereocenters. The van der Waals surface area contributed by atoms with Gasteiger partial charge < -0.3 is 10.2 Å². The zero-order valence-electron chi connectivity index (χ0n) is 12.3. The maximum absolute atomic E-state index is 3.68. The minimum absolute atomic E-state index is 0.604. The van der Waals surface area contributed by atoms with Crippen molar-refractivity contribution in [3.8, 4) is 0 Å². The van der Waals surface area contributed by atoms with Crippen molar-refractivity contribution in [2.45, 2.75) is 58.0 Å². The van der Waals surface area contributed by atoms with Crippen molar-refractivity contribution < 1.29 is 0 Å². The van der Waals surface area contributed by atoms with E-state index < -0.39 is 0 Å². The standard InChI is InChI=1S/C17H26N2/c1-3-5-16-12-19(13(2)11-18-16)17-9-8-14-6-4-7-15(14)10-17/h8-10,13,16,18H,3-7,11-12H2,1-2H3. The van der Waals surface area contributed by atoms with Crippen LogP contribution in [0.3, 0.4) is 0 Å². The fraction of sp³-hybridized carbons (Fsp3) is 0.647. The molecule has 1 N–H and O–H groups in total. The van der Waals surface area contributed by atoms with E-state index >= 15 is 0 Å². The zero-order chi connectivity index (χ0) is 13.2. The number of aryl methyl sites for hydroxylation is 2. The number of hydrogen-bond acceptors (Lipinski definition) is 2. The molecule has 104 valence electrons. The molecule has 1 aliphatic carbocycles. The maximum Gasteiger partial charge on any atom is 0.0387 e. The van der Waals surface area contributed by atoms with Crippen molar-refractivity contribution in [3.63, 3.8) is 0 Å². The lowest BCUT2D eigenvalue weighted by atomic mass is 10.0. The predicted molar refractivity (Wildman–Crippen MR) is 82.0 cm³/mol.